The summed E-state index contributed by atoms with van der Waals surface area (Å²) in [5.74, 6) is 0.651. The molecule has 0 unspecified atom stereocenters. The Labute approximate surface area is 123 Å². The first kappa shape index (κ1) is 13.7. The van der Waals surface area contributed by atoms with Crippen LogP contribution in [0.2, 0.25) is 0 Å². The van der Waals surface area contributed by atoms with E-state index in [-0.39, 0.29) is 5.60 Å². The molecule has 1 saturated carbocycles. The highest BCUT2D eigenvalue weighted by Crippen LogP contribution is 2.34. The van der Waals surface area contributed by atoms with E-state index in [0.717, 1.165) is 30.0 Å². The zero-order valence-electron chi connectivity index (χ0n) is 12.1. The number of hydrogen-bond acceptors (Lipinski definition) is 5. The van der Waals surface area contributed by atoms with E-state index in [2.05, 4.69) is 36.1 Å². The fourth-order valence-corrected chi connectivity index (χ4v) is 3.10. The molecule has 108 valence electrons. The normalized spacial score (nSPS) is 22.8. The first-order chi connectivity index (χ1) is 9.49. The van der Waals surface area contributed by atoms with Crippen LogP contribution in [0.15, 0.2) is 17.9 Å². The summed E-state index contributed by atoms with van der Waals surface area (Å²) in [6.45, 7) is 7.26. The molecule has 0 spiro atoms. The van der Waals surface area contributed by atoms with Gasteiger partial charge in [-0.2, -0.15) is 0 Å². The van der Waals surface area contributed by atoms with E-state index in [1.54, 1.807) is 11.3 Å². The monoisotopic (exact) mass is 292 g/mol. The largest absolute Gasteiger partial charge is 0.373 e. The summed E-state index contributed by atoms with van der Waals surface area (Å²) in [6, 6.07) is 0. The molecule has 20 heavy (non-hydrogen) atoms. The number of aromatic nitrogens is 4. The van der Waals surface area contributed by atoms with Crippen LogP contribution in [0.25, 0.3) is 10.6 Å². The summed E-state index contributed by atoms with van der Waals surface area (Å²) in [5.41, 5.74) is 2.69. The van der Waals surface area contributed by atoms with E-state index < -0.39 is 0 Å². The lowest BCUT2D eigenvalue weighted by molar-refractivity contribution is -0.114. The van der Waals surface area contributed by atoms with E-state index in [9.17, 15) is 0 Å². The van der Waals surface area contributed by atoms with Crippen LogP contribution in [-0.4, -0.2) is 31.7 Å². The van der Waals surface area contributed by atoms with Crippen LogP contribution in [0.5, 0.6) is 0 Å². The predicted molar refractivity (Wildman–Crippen MR) is 78.5 cm³/mol. The molecule has 0 bridgehead atoms. The van der Waals surface area contributed by atoms with E-state index in [1.807, 2.05) is 22.6 Å². The zero-order valence-corrected chi connectivity index (χ0v) is 12.9. The number of nitrogens with zero attached hydrogens (tertiary/aromatic N) is 4. The van der Waals surface area contributed by atoms with Gasteiger partial charge in [0.15, 0.2) is 0 Å². The van der Waals surface area contributed by atoms with E-state index >= 15 is 0 Å². The minimum atomic E-state index is -0.0395. The maximum Gasteiger partial charge on any atom is 0.124 e. The first-order valence-electron chi connectivity index (χ1n) is 6.96. The van der Waals surface area contributed by atoms with Crippen LogP contribution in [-0.2, 0) is 11.3 Å². The van der Waals surface area contributed by atoms with Crippen LogP contribution < -0.4 is 0 Å². The highest BCUT2D eigenvalue weighted by molar-refractivity contribution is 7.13. The van der Waals surface area contributed by atoms with E-state index in [4.69, 9.17) is 4.74 Å². The average Bonchev–Trinajstić information content (AvgIpc) is 2.94. The summed E-state index contributed by atoms with van der Waals surface area (Å²) >= 11 is 1.59. The van der Waals surface area contributed by atoms with Gasteiger partial charge in [0.1, 0.15) is 5.69 Å². The van der Waals surface area contributed by atoms with Gasteiger partial charge in [0.05, 0.1) is 28.3 Å². The lowest BCUT2D eigenvalue weighted by atomic mass is 9.82. The third-order valence-electron chi connectivity index (χ3n) is 3.38. The molecule has 2 aromatic heterocycles. The topological polar surface area (TPSA) is 52.8 Å². The minimum absolute atomic E-state index is 0.0395. The van der Waals surface area contributed by atoms with Crippen LogP contribution >= 0.6 is 11.3 Å². The molecule has 2 aromatic rings. The van der Waals surface area contributed by atoms with Crippen LogP contribution in [0.3, 0.4) is 0 Å². The third kappa shape index (κ3) is 3.24. The minimum Gasteiger partial charge on any atom is -0.373 e. The molecule has 2 heterocycles. The van der Waals surface area contributed by atoms with Gasteiger partial charge in [-0.15, -0.1) is 16.4 Å². The number of ether oxygens (including phenoxy) is 1. The maximum absolute atomic E-state index is 5.95. The number of thiazole rings is 1. The van der Waals surface area contributed by atoms with Crippen molar-refractivity contribution in [2.75, 3.05) is 0 Å². The Balaban J connectivity index is 1.51. The summed E-state index contributed by atoms with van der Waals surface area (Å²) in [4.78, 5) is 5.13. The van der Waals surface area contributed by atoms with Crippen molar-refractivity contribution in [3.8, 4) is 10.6 Å². The fourth-order valence-electron chi connectivity index (χ4n) is 2.53. The van der Waals surface area contributed by atoms with Gasteiger partial charge in [0, 0.05) is 12.7 Å². The third-order valence-corrected chi connectivity index (χ3v) is 4.18. The molecule has 0 saturated heterocycles. The van der Waals surface area contributed by atoms with Gasteiger partial charge >= 0.3 is 0 Å². The van der Waals surface area contributed by atoms with Gasteiger partial charge in [-0.1, -0.05) is 5.21 Å². The molecule has 3 rings (SSSR count). The molecule has 5 nitrogen and oxygen atoms in total. The average molecular weight is 292 g/mol. The molecular formula is C14H20N4OS. The number of hydrogen-bond donors (Lipinski definition) is 0. The van der Waals surface area contributed by atoms with Crippen molar-refractivity contribution in [2.45, 2.75) is 51.9 Å². The SMILES string of the molecule is CC(C)(C)OC1CC(Cn2cc(-c3cncs3)nn2)C1. The molecule has 1 fully saturated rings. The Morgan fingerprint density at radius 2 is 2.20 bits per heavy atom. The smallest absolute Gasteiger partial charge is 0.124 e. The van der Waals surface area contributed by atoms with E-state index in [1.165, 1.54) is 0 Å². The lowest BCUT2D eigenvalue weighted by Gasteiger charge is -2.39. The highest BCUT2D eigenvalue weighted by atomic mass is 32.1. The predicted octanol–water partition coefficient (Wildman–Crippen LogP) is 3.00. The molecule has 0 aromatic carbocycles. The van der Waals surface area contributed by atoms with Crippen molar-refractivity contribution in [1.82, 2.24) is 20.0 Å². The van der Waals surface area contributed by atoms with Crippen molar-refractivity contribution < 1.29 is 4.74 Å². The lowest BCUT2D eigenvalue weighted by Crippen LogP contribution is -2.39. The summed E-state index contributed by atoms with van der Waals surface area (Å²) < 4.78 is 7.89. The summed E-state index contributed by atoms with van der Waals surface area (Å²) in [5, 5.41) is 8.40. The Hall–Kier alpha value is -1.27. The second-order valence-corrected chi connectivity index (χ2v) is 7.27. The Bertz CT molecular complexity index is 552. The quantitative estimate of drug-likeness (QED) is 0.869. The van der Waals surface area contributed by atoms with Crippen molar-refractivity contribution in [2.24, 2.45) is 5.92 Å². The standard InChI is InChI=1S/C14H20N4OS/c1-14(2,3)19-11-4-10(5-11)7-18-8-12(16-17-18)13-6-15-9-20-13/h6,8-11H,4-5,7H2,1-3H3. The molecule has 0 amide bonds. The molecule has 0 N–H and O–H groups in total. The van der Waals surface area contributed by atoms with Crippen molar-refractivity contribution in [1.29, 1.82) is 0 Å². The molecule has 1 aliphatic rings. The van der Waals surface area contributed by atoms with Crippen LogP contribution in [0.4, 0.5) is 0 Å². The molecule has 0 aliphatic heterocycles. The number of rotatable bonds is 4. The van der Waals surface area contributed by atoms with Crippen molar-refractivity contribution in [3.05, 3.63) is 17.9 Å². The molecule has 6 heteroatoms. The van der Waals surface area contributed by atoms with Gasteiger partial charge in [-0.25, -0.2) is 0 Å². The van der Waals surface area contributed by atoms with E-state index in [0.29, 0.717) is 12.0 Å². The van der Waals surface area contributed by atoms with Crippen molar-refractivity contribution in [3.63, 3.8) is 0 Å². The second kappa shape index (κ2) is 5.26. The first-order valence-corrected chi connectivity index (χ1v) is 7.84. The second-order valence-electron chi connectivity index (χ2n) is 6.38. The molecule has 1 aliphatic carbocycles. The van der Waals surface area contributed by atoms with Crippen LogP contribution in [0.1, 0.15) is 33.6 Å². The van der Waals surface area contributed by atoms with Crippen molar-refractivity contribution >= 4 is 11.3 Å². The van der Waals surface area contributed by atoms with Gasteiger partial charge in [0.25, 0.3) is 0 Å². The Morgan fingerprint density at radius 1 is 1.40 bits per heavy atom. The summed E-state index contributed by atoms with van der Waals surface area (Å²) in [7, 11) is 0. The maximum atomic E-state index is 5.95. The highest BCUT2D eigenvalue weighted by Gasteiger charge is 2.33. The Morgan fingerprint density at radius 3 is 2.85 bits per heavy atom. The fraction of sp³-hybridized carbons (Fsp3) is 0.643. The van der Waals surface area contributed by atoms with Crippen LogP contribution in [0, 0.1) is 5.92 Å². The van der Waals surface area contributed by atoms with Gasteiger partial charge in [0.2, 0.25) is 0 Å². The zero-order chi connectivity index (χ0) is 14.2. The van der Waals surface area contributed by atoms with Gasteiger partial charge < -0.3 is 4.74 Å². The summed E-state index contributed by atoms with van der Waals surface area (Å²) in [6.07, 6.45) is 6.48. The molecular weight excluding hydrogens is 272 g/mol. The van der Waals surface area contributed by atoms with Gasteiger partial charge in [-0.05, 0) is 39.5 Å². The molecule has 0 radical (unpaired) electrons. The van der Waals surface area contributed by atoms with Gasteiger partial charge in [-0.3, -0.25) is 9.67 Å². The Kier molecular flexibility index (Phi) is 3.60. The molecule has 0 atom stereocenters.